The first-order valence-corrected chi connectivity index (χ1v) is 10.5. The predicted octanol–water partition coefficient (Wildman–Crippen LogP) is 2.98. The van der Waals surface area contributed by atoms with Gasteiger partial charge in [0.15, 0.2) is 0 Å². The molecule has 1 amide bonds. The number of hydrogen-bond donors (Lipinski definition) is 2. The van der Waals surface area contributed by atoms with E-state index in [-0.39, 0.29) is 16.3 Å². The molecule has 0 saturated heterocycles. The molecule has 1 atom stereocenters. The third-order valence-electron chi connectivity index (χ3n) is 4.91. The van der Waals surface area contributed by atoms with Gasteiger partial charge in [-0.05, 0) is 36.2 Å². The Morgan fingerprint density at radius 3 is 2.29 bits per heavy atom. The second-order valence-electron chi connectivity index (χ2n) is 6.87. The van der Waals surface area contributed by atoms with Crippen LogP contribution in [0.3, 0.4) is 0 Å². The number of amides is 1. The average Bonchev–Trinajstić information content (AvgIpc) is 3.17. The zero-order valence-corrected chi connectivity index (χ0v) is 17.5. The number of carbonyl (C=O) groups is 1. The van der Waals surface area contributed by atoms with Gasteiger partial charge in [-0.3, -0.25) is 4.79 Å². The molecule has 0 saturated carbocycles. The highest BCUT2D eigenvalue weighted by Gasteiger charge is 2.38. The average molecular weight is 473 g/mol. The van der Waals surface area contributed by atoms with Gasteiger partial charge in [0, 0.05) is 11.2 Å². The number of sulfonamides is 1. The lowest BCUT2D eigenvalue weighted by atomic mass is 9.75. The fourth-order valence-electron chi connectivity index (χ4n) is 3.14. The fourth-order valence-corrected chi connectivity index (χ4v) is 4.21. The van der Waals surface area contributed by atoms with Gasteiger partial charge < -0.3 is 5.73 Å². The normalized spacial score (nSPS) is 14.3. The molecule has 2 aromatic carbocycles. The molecule has 7 nitrogen and oxygen atoms in total. The Labute approximate surface area is 180 Å². The number of aromatic nitrogens is 2. The summed E-state index contributed by atoms with van der Waals surface area (Å²) < 4.78 is 64.0. The highest BCUT2D eigenvalue weighted by Crippen LogP contribution is 2.38. The summed E-state index contributed by atoms with van der Waals surface area (Å²) in [4.78, 5) is 11.9. The molecule has 1 heterocycles. The lowest BCUT2D eigenvalue weighted by molar-refractivity contribution is -0.137. The fraction of sp³-hybridized carbons (Fsp3) is 0.158. The Morgan fingerprint density at radius 1 is 1.13 bits per heavy atom. The maximum absolute atomic E-state index is 12.9. The second kappa shape index (κ2) is 7.66. The topological polar surface area (TPSA) is 121 Å². The number of benzene rings is 2. The molecule has 0 aliphatic rings. The first-order chi connectivity index (χ1) is 14.3. The lowest BCUT2D eigenvalue weighted by Crippen LogP contribution is -2.40. The minimum Gasteiger partial charge on any atom is -0.369 e. The van der Waals surface area contributed by atoms with Gasteiger partial charge in [-0.25, -0.2) is 18.2 Å². The van der Waals surface area contributed by atoms with Gasteiger partial charge in [-0.1, -0.05) is 35.9 Å². The summed E-state index contributed by atoms with van der Waals surface area (Å²) in [6, 6.07) is 9.99. The smallest absolute Gasteiger partial charge is 0.369 e. The van der Waals surface area contributed by atoms with Crippen molar-refractivity contribution in [1.29, 1.82) is 0 Å². The molecule has 31 heavy (non-hydrogen) atoms. The van der Waals surface area contributed by atoms with E-state index in [1.807, 2.05) is 0 Å². The van der Waals surface area contributed by atoms with E-state index in [2.05, 4.69) is 5.10 Å². The summed E-state index contributed by atoms with van der Waals surface area (Å²) in [6.07, 6.45) is -3.49. The van der Waals surface area contributed by atoms with Gasteiger partial charge >= 0.3 is 6.18 Å². The Balaban J connectivity index is 2.26. The molecule has 0 radical (unpaired) electrons. The number of alkyl halides is 3. The standard InChI is InChI=1S/C19H16ClF3N4O3S/c1-18(17(24)28,13-4-2-3-5-14(13)20)11-6-7-15(16(8-11)31(25,29)30)27-10-12(9-26-27)19(21,22)23/h2-10H,1H3,(H2,24,28)(H2,25,29,30). The van der Waals surface area contributed by atoms with Crippen LogP contribution >= 0.6 is 11.6 Å². The van der Waals surface area contributed by atoms with Crippen molar-refractivity contribution in [1.82, 2.24) is 9.78 Å². The van der Waals surface area contributed by atoms with Crippen LogP contribution in [0.25, 0.3) is 5.69 Å². The van der Waals surface area contributed by atoms with E-state index in [1.165, 1.54) is 25.1 Å². The van der Waals surface area contributed by atoms with Gasteiger partial charge in [0.2, 0.25) is 15.9 Å². The number of primary amides is 1. The molecule has 0 aliphatic heterocycles. The van der Waals surface area contributed by atoms with Crippen LogP contribution in [0.4, 0.5) is 13.2 Å². The van der Waals surface area contributed by atoms with E-state index in [0.717, 1.165) is 10.7 Å². The number of nitrogens with zero attached hydrogens (tertiary/aromatic N) is 2. The van der Waals surface area contributed by atoms with Crippen LogP contribution in [0.5, 0.6) is 0 Å². The van der Waals surface area contributed by atoms with Crippen molar-refractivity contribution in [3.63, 3.8) is 0 Å². The first-order valence-electron chi connectivity index (χ1n) is 8.60. The van der Waals surface area contributed by atoms with Gasteiger partial charge in [0.25, 0.3) is 0 Å². The third-order valence-corrected chi connectivity index (χ3v) is 6.18. The molecule has 3 rings (SSSR count). The summed E-state index contributed by atoms with van der Waals surface area (Å²) in [7, 11) is -4.44. The Morgan fingerprint density at radius 2 is 1.77 bits per heavy atom. The van der Waals surface area contributed by atoms with Crippen molar-refractivity contribution in [3.8, 4) is 5.69 Å². The van der Waals surface area contributed by atoms with Crippen molar-refractivity contribution in [2.24, 2.45) is 10.9 Å². The number of rotatable bonds is 5. The van der Waals surface area contributed by atoms with Crippen molar-refractivity contribution >= 4 is 27.5 Å². The predicted molar refractivity (Wildman–Crippen MR) is 107 cm³/mol. The summed E-state index contributed by atoms with van der Waals surface area (Å²) in [6.45, 7) is 1.45. The van der Waals surface area contributed by atoms with Crippen LogP contribution in [0.2, 0.25) is 5.02 Å². The summed E-state index contributed by atoms with van der Waals surface area (Å²) in [5.41, 5.74) is 3.23. The van der Waals surface area contributed by atoms with E-state index in [1.54, 1.807) is 18.2 Å². The van der Waals surface area contributed by atoms with Gasteiger partial charge in [0.1, 0.15) is 4.90 Å². The molecule has 4 N–H and O–H groups in total. The van der Waals surface area contributed by atoms with Crippen LogP contribution in [-0.2, 0) is 26.4 Å². The van der Waals surface area contributed by atoms with E-state index in [4.69, 9.17) is 22.5 Å². The van der Waals surface area contributed by atoms with Crippen molar-refractivity contribution in [2.75, 3.05) is 0 Å². The highest BCUT2D eigenvalue weighted by atomic mass is 35.5. The van der Waals surface area contributed by atoms with Crippen LogP contribution in [0, 0.1) is 0 Å². The highest BCUT2D eigenvalue weighted by molar-refractivity contribution is 7.89. The number of nitrogens with two attached hydrogens (primary N) is 2. The van der Waals surface area contributed by atoms with Gasteiger partial charge in [0.05, 0.1) is 22.9 Å². The minimum atomic E-state index is -4.67. The number of primary sulfonamides is 1. The van der Waals surface area contributed by atoms with Gasteiger partial charge in [-0.15, -0.1) is 0 Å². The summed E-state index contributed by atoms with van der Waals surface area (Å²) in [5, 5.41) is 9.12. The van der Waals surface area contributed by atoms with Gasteiger partial charge in [-0.2, -0.15) is 18.3 Å². The quantitative estimate of drug-likeness (QED) is 0.592. The Bertz CT molecular complexity index is 1270. The molecule has 12 heteroatoms. The monoisotopic (exact) mass is 472 g/mol. The molecule has 0 spiro atoms. The zero-order chi connectivity index (χ0) is 23.2. The van der Waals surface area contributed by atoms with Crippen molar-refractivity contribution in [3.05, 3.63) is 76.6 Å². The molecular weight excluding hydrogens is 457 g/mol. The zero-order valence-electron chi connectivity index (χ0n) is 15.9. The number of halogens is 4. The molecule has 0 fully saturated rings. The maximum Gasteiger partial charge on any atom is 0.419 e. The first kappa shape index (κ1) is 22.8. The van der Waals surface area contributed by atoms with E-state index < -0.39 is 38.0 Å². The number of hydrogen-bond acceptors (Lipinski definition) is 4. The number of carbonyl (C=O) groups excluding carboxylic acids is 1. The van der Waals surface area contributed by atoms with E-state index in [0.29, 0.717) is 18.0 Å². The SMILES string of the molecule is CC(C(N)=O)(c1ccc(-n2cc(C(F)(F)F)cn2)c(S(N)(=O)=O)c1)c1ccccc1Cl. The van der Waals surface area contributed by atoms with Crippen molar-refractivity contribution in [2.45, 2.75) is 23.4 Å². The van der Waals surface area contributed by atoms with Crippen LogP contribution in [0.15, 0.2) is 59.8 Å². The van der Waals surface area contributed by atoms with Crippen LogP contribution < -0.4 is 10.9 Å². The molecule has 164 valence electrons. The molecule has 1 unspecified atom stereocenters. The Kier molecular flexibility index (Phi) is 5.63. The molecule has 0 aliphatic carbocycles. The molecular formula is C19H16ClF3N4O3S. The maximum atomic E-state index is 12.9. The van der Waals surface area contributed by atoms with E-state index in [9.17, 15) is 26.4 Å². The minimum absolute atomic E-state index is 0.129. The van der Waals surface area contributed by atoms with Crippen LogP contribution in [0.1, 0.15) is 23.6 Å². The largest absolute Gasteiger partial charge is 0.419 e. The molecule has 3 aromatic rings. The summed E-state index contributed by atoms with van der Waals surface area (Å²) >= 11 is 6.23. The molecule has 1 aromatic heterocycles. The Hall–Kier alpha value is -2.89. The lowest BCUT2D eigenvalue weighted by Gasteiger charge is -2.29. The second-order valence-corrected chi connectivity index (χ2v) is 8.80. The van der Waals surface area contributed by atoms with E-state index >= 15 is 0 Å². The van der Waals surface area contributed by atoms with Crippen LogP contribution in [-0.4, -0.2) is 24.1 Å². The molecule has 0 bridgehead atoms. The summed E-state index contributed by atoms with van der Waals surface area (Å²) in [5.74, 6) is -0.827. The van der Waals surface area contributed by atoms with Crippen molar-refractivity contribution < 1.29 is 26.4 Å². The third kappa shape index (κ3) is 4.16.